The summed E-state index contributed by atoms with van der Waals surface area (Å²) in [4.78, 5) is 23.1. The van der Waals surface area contributed by atoms with E-state index in [1.54, 1.807) is 13.0 Å². The lowest BCUT2D eigenvalue weighted by atomic mass is 9.69. The maximum atomic E-state index is 11.7. The van der Waals surface area contributed by atoms with E-state index in [1.165, 1.54) is 19.1 Å². The van der Waals surface area contributed by atoms with Crippen molar-refractivity contribution in [2.24, 2.45) is 11.3 Å². The first-order chi connectivity index (χ1) is 9.54. The summed E-state index contributed by atoms with van der Waals surface area (Å²) in [7, 11) is 0. The van der Waals surface area contributed by atoms with Crippen molar-refractivity contribution in [1.82, 2.24) is 0 Å². The molecule has 0 radical (unpaired) electrons. The summed E-state index contributed by atoms with van der Waals surface area (Å²) in [6, 6.07) is 0. The predicted molar refractivity (Wildman–Crippen MR) is 81.8 cm³/mol. The normalized spacial score (nSPS) is 29.3. The number of ketones is 2. The van der Waals surface area contributed by atoms with Crippen LogP contribution >= 0.6 is 0 Å². The van der Waals surface area contributed by atoms with Crippen molar-refractivity contribution in [3.05, 3.63) is 37.0 Å². The van der Waals surface area contributed by atoms with Crippen molar-refractivity contribution in [2.45, 2.75) is 39.4 Å². The van der Waals surface area contributed by atoms with Crippen molar-refractivity contribution >= 4 is 11.6 Å². The minimum atomic E-state index is -1.01. The highest BCUT2D eigenvalue weighted by Crippen LogP contribution is 2.46. The second-order valence-electron chi connectivity index (χ2n) is 6.30. The standard InChI is InChI=1S/C17H24O4/c1-7-13(19)8-9-14(11(2)12(3)18)15-16(4,5)17(6,20)10-21-15/h7-9,14-15,20H,1-2,10H2,3-6H3/b9-8-. The summed E-state index contributed by atoms with van der Waals surface area (Å²) in [5.74, 6) is -0.879. The van der Waals surface area contributed by atoms with Gasteiger partial charge in [-0.05, 0) is 31.6 Å². The number of hydrogen-bond donors (Lipinski definition) is 1. The van der Waals surface area contributed by atoms with Crippen LogP contribution in [0.25, 0.3) is 0 Å². The molecule has 1 N–H and O–H groups in total. The molecule has 0 aromatic rings. The zero-order valence-corrected chi connectivity index (χ0v) is 13.2. The van der Waals surface area contributed by atoms with Gasteiger partial charge in [0.25, 0.3) is 0 Å². The summed E-state index contributed by atoms with van der Waals surface area (Å²) >= 11 is 0. The Morgan fingerprint density at radius 2 is 1.95 bits per heavy atom. The number of hydrogen-bond acceptors (Lipinski definition) is 4. The van der Waals surface area contributed by atoms with E-state index in [1.807, 2.05) is 13.8 Å². The molecule has 0 aromatic carbocycles. The van der Waals surface area contributed by atoms with E-state index >= 15 is 0 Å². The first kappa shape index (κ1) is 17.5. The molecular weight excluding hydrogens is 268 g/mol. The van der Waals surface area contributed by atoms with Crippen LogP contribution in [-0.2, 0) is 14.3 Å². The van der Waals surface area contributed by atoms with E-state index in [0.29, 0.717) is 5.57 Å². The Labute approximate surface area is 126 Å². The average molecular weight is 292 g/mol. The Morgan fingerprint density at radius 3 is 2.33 bits per heavy atom. The number of ether oxygens (including phenoxy) is 1. The number of carbonyl (C=O) groups excluding carboxylic acids is 2. The molecule has 1 rings (SSSR count). The van der Waals surface area contributed by atoms with Crippen molar-refractivity contribution in [1.29, 1.82) is 0 Å². The number of rotatable bonds is 6. The minimum Gasteiger partial charge on any atom is -0.387 e. The van der Waals surface area contributed by atoms with E-state index in [4.69, 9.17) is 4.74 Å². The van der Waals surface area contributed by atoms with Gasteiger partial charge in [0.15, 0.2) is 11.6 Å². The van der Waals surface area contributed by atoms with Crippen LogP contribution < -0.4 is 0 Å². The molecule has 4 heteroatoms. The molecule has 0 aliphatic carbocycles. The Balaban J connectivity index is 3.17. The first-order valence-electron chi connectivity index (χ1n) is 6.93. The highest BCUT2D eigenvalue weighted by Gasteiger charge is 2.54. The van der Waals surface area contributed by atoms with Crippen LogP contribution in [0.1, 0.15) is 27.7 Å². The van der Waals surface area contributed by atoms with Gasteiger partial charge >= 0.3 is 0 Å². The summed E-state index contributed by atoms with van der Waals surface area (Å²) in [6.45, 7) is 14.3. The van der Waals surface area contributed by atoms with Crippen molar-refractivity contribution in [3.63, 3.8) is 0 Å². The third kappa shape index (κ3) is 3.39. The average Bonchev–Trinajstić information content (AvgIpc) is 2.60. The van der Waals surface area contributed by atoms with Crippen LogP contribution in [0.2, 0.25) is 0 Å². The SMILES string of the molecule is C=CC(=O)/C=C\C(C(=C)C(C)=O)C1OCC(C)(O)C1(C)C. The van der Waals surface area contributed by atoms with E-state index in [2.05, 4.69) is 13.2 Å². The molecule has 1 aliphatic rings. The first-order valence-corrected chi connectivity index (χ1v) is 6.93. The molecule has 0 saturated carbocycles. The molecule has 0 spiro atoms. The van der Waals surface area contributed by atoms with Gasteiger partial charge in [0.05, 0.1) is 18.3 Å². The quantitative estimate of drug-likeness (QED) is 0.763. The maximum Gasteiger partial charge on any atom is 0.177 e. The molecule has 1 fully saturated rings. The van der Waals surface area contributed by atoms with Crippen LogP contribution in [0.5, 0.6) is 0 Å². The van der Waals surface area contributed by atoms with Gasteiger partial charge in [-0.1, -0.05) is 33.1 Å². The van der Waals surface area contributed by atoms with Crippen LogP contribution in [0.15, 0.2) is 37.0 Å². The van der Waals surface area contributed by atoms with Crippen molar-refractivity contribution < 1.29 is 19.4 Å². The largest absolute Gasteiger partial charge is 0.387 e. The van der Waals surface area contributed by atoms with Crippen LogP contribution in [0, 0.1) is 11.3 Å². The van der Waals surface area contributed by atoms with Gasteiger partial charge in [0, 0.05) is 11.3 Å². The number of carbonyl (C=O) groups is 2. The topological polar surface area (TPSA) is 63.6 Å². The molecular formula is C17H24O4. The van der Waals surface area contributed by atoms with E-state index in [-0.39, 0.29) is 18.2 Å². The number of allylic oxidation sites excluding steroid dienone is 2. The van der Waals surface area contributed by atoms with Crippen LogP contribution in [0.3, 0.4) is 0 Å². The van der Waals surface area contributed by atoms with E-state index in [0.717, 1.165) is 0 Å². The Kier molecular flexibility index (Phi) is 5.07. The van der Waals surface area contributed by atoms with Gasteiger partial charge in [-0.25, -0.2) is 0 Å². The number of Topliss-reactive ketones (excluding diaryl/α,β-unsaturated/α-hetero) is 1. The predicted octanol–water partition coefficient (Wildman–Crippen LogP) is 2.24. The molecule has 3 atom stereocenters. The Bertz CT molecular complexity index is 497. The summed E-state index contributed by atoms with van der Waals surface area (Å²) in [5.41, 5.74) is -1.24. The molecule has 21 heavy (non-hydrogen) atoms. The van der Waals surface area contributed by atoms with Crippen LogP contribution in [-0.4, -0.2) is 35.0 Å². The fraction of sp³-hybridized carbons (Fsp3) is 0.529. The third-order valence-electron chi connectivity index (χ3n) is 4.49. The van der Waals surface area contributed by atoms with Gasteiger partial charge in [0.1, 0.15) is 0 Å². The van der Waals surface area contributed by atoms with Crippen LogP contribution in [0.4, 0.5) is 0 Å². The van der Waals surface area contributed by atoms with Gasteiger partial charge in [0.2, 0.25) is 0 Å². The number of aliphatic hydroxyl groups is 1. The summed E-state index contributed by atoms with van der Waals surface area (Å²) in [6.07, 6.45) is 3.73. The monoisotopic (exact) mass is 292 g/mol. The van der Waals surface area contributed by atoms with Gasteiger partial charge < -0.3 is 9.84 Å². The summed E-state index contributed by atoms with van der Waals surface area (Å²) in [5, 5.41) is 10.4. The molecule has 0 aromatic heterocycles. The zero-order valence-electron chi connectivity index (χ0n) is 13.2. The second kappa shape index (κ2) is 6.08. The molecule has 1 aliphatic heterocycles. The lowest BCUT2D eigenvalue weighted by Crippen LogP contribution is -2.46. The Hall–Kier alpha value is -1.52. The van der Waals surface area contributed by atoms with E-state index < -0.39 is 23.0 Å². The molecule has 116 valence electrons. The fourth-order valence-electron chi connectivity index (χ4n) is 2.41. The Morgan fingerprint density at radius 1 is 1.38 bits per heavy atom. The molecule has 1 saturated heterocycles. The van der Waals surface area contributed by atoms with Crippen molar-refractivity contribution in [3.8, 4) is 0 Å². The van der Waals surface area contributed by atoms with Gasteiger partial charge in [-0.3, -0.25) is 9.59 Å². The molecule has 0 bridgehead atoms. The van der Waals surface area contributed by atoms with E-state index in [9.17, 15) is 14.7 Å². The highest BCUT2D eigenvalue weighted by atomic mass is 16.5. The zero-order chi connectivity index (χ0) is 16.4. The summed E-state index contributed by atoms with van der Waals surface area (Å²) < 4.78 is 5.73. The van der Waals surface area contributed by atoms with Gasteiger partial charge in [-0.15, -0.1) is 0 Å². The lowest BCUT2D eigenvalue weighted by Gasteiger charge is -2.38. The smallest absolute Gasteiger partial charge is 0.177 e. The molecule has 3 unspecified atom stereocenters. The maximum absolute atomic E-state index is 11.7. The third-order valence-corrected chi connectivity index (χ3v) is 4.49. The molecule has 1 heterocycles. The lowest BCUT2D eigenvalue weighted by molar-refractivity contribution is -0.115. The second-order valence-corrected chi connectivity index (χ2v) is 6.30. The van der Waals surface area contributed by atoms with Crippen molar-refractivity contribution in [2.75, 3.05) is 6.61 Å². The molecule has 0 amide bonds. The molecule has 4 nitrogen and oxygen atoms in total. The van der Waals surface area contributed by atoms with Gasteiger partial charge in [-0.2, -0.15) is 0 Å². The highest BCUT2D eigenvalue weighted by molar-refractivity contribution is 5.99. The fourth-order valence-corrected chi connectivity index (χ4v) is 2.41. The minimum absolute atomic E-state index is 0.165.